The van der Waals surface area contributed by atoms with Crippen molar-refractivity contribution in [2.24, 2.45) is 50.2 Å². The molecule has 7 aliphatic heterocycles. The van der Waals surface area contributed by atoms with Crippen LogP contribution in [0, 0.1) is 50.2 Å². The molecule has 712 valence electrons. The van der Waals surface area contributed by atoms with Gasteiger partial charge in [-0.2, -0.15) is 0 Å². The normalized spacial score (nSPS) is 48.4. The monoisotopic (exact) mass is 1780 g/mol. The van der Waals surface area contributed by atoms with E-state index in [9.17, 15) is 122 Å². The summed E-state index contributed by atoms with van der Waals surface area (Å²) in [6, 6.07) is 0. The summed E-state index contributed by atoms with van der Waals surface area (Å²) in [5.74, 6) is -5.14. The summed E-state index contributed by atoms with van der Waals surface area (Å²) in [5, 5.41) is 232. The Hall–Kier alpha value is -3.50. The van der Waals surface area contributed by atoms with Gasteiger partial charge in [-0.25, -0.2) is 0 Å². The number of ether oxygens (including phenoxy) is 15. The first-order valence-corrected chi connectivity index (χ1v) is 44.2. The second kappa shape index (κ2) is 40.9. The third kappa shape index (κ3) is 19.8. The number of carbonyl (C=O) groups is 4. The van der Waals surface area contributed by atoms with Crippen LogP contribution in [0.3, 0.4) is 0 Å². The van der Waals surface area contributed by atoms with E-state index in [-0.39, 0.29) is 57.5 Å². The fourth-order valence-corrected chi connectivity index (χ4v) is 22.4. The first-order valence-electron chi connectivity index (χ1n) is 44.2. The fraction of sp³-hybridized carbons (Fsp3) is 0.929. The maximum absolute atomic E-state index is 16.4. The van der Waals surface area contributed by atoms with Crippen LogP contribution in [0.4, 0.5) is 0 Å². The number of aliphatic carboxylic acids is 1. The molecule has 0 spiro atoms. The largest absolute Gasteiger partial charge is 0.481 e. The van der Waals surface area contributed by atoms with E-state index in [1.807, 2.05) is 33.8 Å². The zero-order valence-electron chi connectivity index (χ0n) is 71.4. The molecule has 7 saturated heterocycles. The molecule has 21 N–H and O–H groups in total. The van der Waals surface area contributed by atoms with E-state index in [1.54, 1.807) is 0 Å². The van der Waals surface area contributed by atoms with E-state index in [0.29, 0.717) is 77.0 Å². The molecule has 5 aliphatic carbocycles. The summed E-state index contributed by atoms with van der Waals surface area (Å²) in [7, 11) is 0. The maximum Gasteiger partial charge on any atom is 0.317 e. The Kier molecular flexibility index (Phi) is 32.8. The smallest absolute Gasteiger partial charge is 0.317 e. The van der Waals surface area contributed by atoms with Gasteiger partial charge < -0.3 is 178 Å². The van der Waals surface area contributed by atoms with Crippen molar-refractivity contribution in [1.29, 1.82) is 0 Å². The molecule has 0 radical (unpaired) electrons. The Morgan fingerprint density at radius 3 is 1.54 bits per heavy atom. The van der Waals surface area contributed by atoms with Crippen LogP contribution in [0.25, 0.3) is 0 Å². The number of aliphatic hydroxyl groups is 20. The zero-order valence-corrected chi connectivity index (χ0v) is 71.4. The molecular weight excluding hydrogens is 1650 g/mol. The van der Waals surface area contributed by atoms with E-state index >= 15 is 4.79 Å². The lowest BCUT2D eigenvalue weighted by Gasteiger charge is -2.71. The molecule has 0 unspecified atom stereocenters. The third-order valence-corrected chi connectivity index (χ3v) is 30.0. The molecule has 42 atom stereocenters. The molecule has 0 aromatic carbocycles. The number of hydrogen-bond donors (Lipinski definition) is 21. The lowest BCUT2D eigenvalue weighted by atomic mass is 9.33. The summed E-state index contributed by atoms with van der Waals surface area (Å²) in [5.41, 5.74) is -6.42. The fourth-order valence-electron chi connectivity index (χ4n) is 22.4. The molecule has 11 fully saturated rings. The Bertz CT molecular complexity index is 3550. The van der Waals surface area contributed by atoms with E-state index in [1.165, 1.54) is 13.8 Å². The molecule has 40 heteroatoms. The summed E-state index contributed by atoms with van der Waals surface area (Å²) < 4.78 is 90.2. The number of Topliss-reactive ketones (excluding diaryl/α,β-unsaturated/α-hetero) is 1. The predicted molar refractivity (Wildman–Crippen MR) is 416 cm³/mol. The third-order valence-electron chi connectivity index (χ3n) is 30.0. The average molecular weight is 1790 g/mol. The van der Waals surface area contributed by atoms with E-state index < -0.39 is 310 Å². The van der Waals surface area contributed by atoms with Gasteiger partial charge in [0.2, 0.25) is 6.29 Å². The molecule has 0 aromatic heterocycles. The van der Waals surface area contributed by atoms with Gasteiger partial charge in [-0.15, -0.1) is 0 Å². The second-order valence-electron chi connectivity index (χ2n) is 38.5. The van der Waals surface area contributed by atoms with Gasteiger partial charge in [0.25, 0.3) is 0 Å². The number of unbranched alkanes of at least 4 members (excludes halogenated alkanes) is 8. The molecule has 7 heterocycles. The van der Waals surface area contributed by atoms with Gasteiger partial charge >= 0.3 is 17.9 Å². The molecule has 124 heavy (non-hydrogen) atoms. The van der Waals surface area contributed by atoms with Crippen molar-refractivity contribution in [3.05, 3.63) is 11.6 Å². The molecule has 0 aromatic rings. The number of hydrogen-bond acceptors (Lipinski definition) is 39. The molecule has 12 aliphatic rings. The van der Waals surface area contributed by atoms with Crippen molar-refractivity contribution in [2.75, 3.05) is 46.2 Å². The quantitative estimate of drug-likeness (QED) is 0.0130. The van der Waals surface area contributed by atoms with Crippen LogP contribution in [-0.2, 0) is 90.2 Å². The Labute approximate surface area is 718 Å². The maximum atomic E-state index is 16.4. The van der Waals surface area contributed by atoms with Gasteiger partial charge in [-0.3, -0.25) is 19.2 Å². The molecular formula is C84H136O40. The van der Waals surface area contributed by atoms with E-state index in [4.69, 9.17) is 71.1 Å². The van der Waals surface area contributed by atoms with Crippen molar-refractivity contribution in [1.82, 2.24) is 0 Å². The van der Waals surface area contributed by atoms with Gasteiger partial charge in [0, 0.05) is 25.9 Å². The Balaban J connectivity index is 0.762. The van der Waals surface area contributed by atoms with Gasteiger partial charge in [-0.1, -0.05) is 84.8 Å². The van der Waals surface area contributed by atoms with Crippen molar-refractivity contribution in [3.63, 3.8) is 0 Å². The molecule has 40 nitrogen and oxygen atoms in total. The van der Waals surface area contributed by atoms with E-state index in [2.05, 4.69) is 6.92 Å². The summed E-state index contributed by atoms with van der Waals surface area (Å²) >= 11 is 0. The molecule has 12 rings (SSSR count). The number of ketones is 1. The summed E-state index contributed by atoms with van der Waals surface area (Å²) in [6.45, 7) is 9.53. The highest BCUT2D eigenvalue weighted by molar-refractivity contribution is 5.80. The molecule has 4 saturated carbocycles. The van der Waals surface area contributed by atoms with Crippen LogP contribution >= 0.6 is 0 Å². The highest BCUT2D eigenvalue weighted by Gasteiger charge is 2.75. The SMILES string of the molecule is C[C@@H]1O[C@@H](O[C@H]2[C@H](OC(=O)[C@]34CCC(C)(C)C[C@H]3C3=CC[C@@H]5[C@@]6(C)C[C@H](O)[C@H](O[C@@H]7O[C@H](CO)[C@@H](O)[C@H](O[C@@H]8O[C@H](CO)[C@@H](O)[C@H](O)[C@H]8O)[C@H]7O)[C@@](C)(C(=O)O)[C@@H]6CC[C@@]5(C)[C@]3(C)C[C@H]4O)OC[C@H](OC(=O)CCCCCCCC(=O)CCCCCCCO[C@@H]3OC[C@@H](O)[C@H](O)[C@H]3O)[C@@H]2O[C@@H]2OC[C@H](O)[C@H](O)[C@H]2O)[C@H](O)[C@H](O)[C@H]1O[C@@H]1OC[C@@H](O)[C@H](O)[C@H]1O. The van der Waals surface area contributed by atoms with Gasteiger partial charge in [0.05, 0.1) is 63.4 Å². The number of rotatable bonds is 33. The van der Waals surface area contributed by atoms with Crippen LogP contribution in [0.1, 0.15) is 183 Å². The first-order chi connectivity index (χ1) is 58.5. The summed E-state index contributed by atoms with van der Waals surface area (Å²) in [6.07, 6.45) is -48.1. The second-order valence-corrected chi connectivity index (χ2v) is 38.5. The zero-order chi connectivity index (χ0) is 90.4. The van der Waals surface area contributed by atoms with Gasteiger partial charge in [0.1, 0.15) is 145 Å². The number of allylic oxidation sites excluding steroid dienone is 2. The minimum Gasteiger partial charge on any atom is -0.481 e. The van der Waals surface area contributed by atoms with E-state index in [0.717, 1.165) is 24.8 Å². The minimum absolute atomic E-state index is 0.0263. The lowest BCUT2D eigenvalue weighted by Crippen LogP contribution is -2.71. The van der Waals surface area contributed by atoms with Crippen molar-refractivity contribution in [2.45, 2.75) is 392 Å². The topological polar surface area (TPSA) is 632 Å². The number of carbonyl (C=O) groups excluding carboxylic acids is 3. The predicted octanol–water partition coefficient (Wildman–Crippen LogP) is -3.79. The summed E-state index contributed by atoms with van der Waals surface area (Å²) in [4.78, 5) is 57.7. The molecule has 0 amide bonds. The van der Waals surface area contributed by atoms with Crippen LogP contribution in [0.2, 0.25) is 0 Å². The van der Waals surface area contributed by atoms with Crippen LogP contribution in [0.15, 0.2) is 11.6 Å². The van der Waals surface area contributed by atoms with Crippen LogP contribution in [0.5, 0.6) is 0 Å². The number of aliphatic hydroxyl groups excluding tert-OH is 20. The number of esters is 2. The first kappa shape index (κ1) is 99.5. The van der Waals surface area contributed by atoms with Crippen LogP contribution in [-0.4, -0.2) is 386 Å². The highest BCUT2D eigenvalue weighted by Crippen LogP contribution is 2.76. The van der Waals surface area contributed by atoms with Crippen molar-refractivity contribution < 1.29 is 197 Å². The minimum atomic E-state index is -2.13. The Morgan fingerprint density at radius 2 is 0.944 bits per heavy atom. The van der Waals surface area contributed by atoms with Crippen LogP contribution < -0.4 is 0 Å². The molecule has 0 bridgehead atoms. The average Bonchev–Trinajstić information content (AvgIpc) is 0.666. The van der Waals surface area contributed by atoms with Crippen molar-refractivity contribution >= 4 is 23.7 Å². The number of carboxylic acid groups (broad SMARTS) is 1. The van der Waals surface area contributed by atoms with Crippen molar-refractivity contribution in [3.8, 4) is 0 Å². The van der Waals surface area contributed by atoms with Gasteiger partial charge in [0.15, 0.2) is 49.9 Å². The Morgan fingerprint density at radius 1 is 0.444 bits per heavy atom. The highest BCUT2D eigenvalue weighted by atomic mass is 16.8. The lowest BCUT2D eigenvalue weighted by molar-refractivity contribution is -0.382. The number of carboxylic acids is 1. The van der Waals surface area contributed by atoms with Gasteiger partial charge in [-0.05, 0) is 130 Å². The standard InChI is InChI=1S/C84H136O40/c1-37-65(119-71-60(102)53(95)43(90)34-112-71)58(100)63(105)73(115-37)122-68-66(120-72-61(103)54(96)44(91)35-113-72)47(116-51(93)20-16-12-8-10-14-18-38(87)19-15-11-9-13-17-27-110-70-59(101)52(94)42(89)33-111-70)36-114-76(68)124-78(109)84-26-25-79(2,3)28-40(84)39-21-22-48-80(4)29-41(88)69(83(7,77(107)108)49(80)23-24-81(48,5)82(39,6)30-50(84)92)123-75-64(106)67(56(98)46(32-86)118-75)121-74-62(104)57(99)55(97)45(31-85)117-74/h21,37,40-50,52-76,85-86,88-92,94-106H,8-20,22-36H2,1-7H3,(H,107,108)/t37-,40-,41-,42+,43+,44-,45+,46+,47-,48+,49+,50+,52-,53-,54-,55+,56+,57-,58-,59+,60+,61+,62+,63+,64+,65-,66-,67-,68+,69-,70+,71-,72-,73-,74-,75-,76-,80+,81+,82+,83-,84+/m0/s1. The number of fused-ring (bicyclic) bond motifs is 7.